The number of hydrogen-bond donors (Lipinski definition) is 0. The molecule has 0 radical (unpaired) electrons. The first-order valence-electron chi connectivity index (χ1n) is 13.4. The van der Waals surface area contributed by atoms with Crippen molar-refractivity contribution >= 4 is 0 Å². The van der Waals surface area contributed by atoms with Crippen LogP contribution < -0.4 is 0 Å². The Labute approximate surface area is 229 Å². The maximum absolute atomic E-state index is 5.03. The van der Waals surface area contributed by atoms with Crippen LogP contribution in [0, 0.1) is 0 Å². The molecule has 0 bridgehead atoms. The lowest BCUT2D eigenvalue weighted by Gasteiger charge is -2.22. The van der Waals surface area contributed by atoms with Crippen molar-refractivity contribution in [3.8, 4) is 56.2 Å². The summed E-state index contributed by atoms with van der Waals surface area (Å²) < 4.78 is 0. The average molecular weight is 501 g/mol. The van der Waals surface area contributed by atoms with Crippen LogP contribution in [0.4, 0.5) is 0 Å². The van der Waals surface area contributed by atoms with Gasteiger partial charge in [0.25, 0.3) is 0 Å². The molecule has 0 saturated carbocycles. The lowest BCUT2D eigenvalue weighted by Crippen LogP contribution is -2.14. The molecule has 0 aliphatic heterocycles. The zero-order valence-electron chi connectivity index (χ0n) is 22.1. The summed E-state index contributed by atoms with van der Waals surface area (Å²) in [5.74, 6) is 0.728. The molecule has 1 aliphatic carbocycles. The molecule has 5 aromatic carbocycles. The molecule has 1 heterocycles. The Hall–Kier alpha value is -4.82. The van der Waals surface area contributed by atoms with E-state index >= 15 is 0 Å². The summed E-state index contributed by atoms with van der Waals surface area (Å²) in [6.45, 7) is 4.65. The largest absolute Gasteiger partial charge is 0.228 e. The van der Waals surface area contributed by atoms with Crippen molar-refractivity contribution in [3.05, 3.63) is 145 Å². The number of hydrogen-bond acceptors (Lipinski definition) is 2. The van der Waals surface area contributed by atoms with Crippen molar-refractivity contribution in [2.45, 2.75) is 19.3 Å². The minimum absolute atomic E-state index is 0.0305. The van der Waals surface area contributed by atoms with Gasteiger partial charge in [-0.25, -0.2) is 9.97 Å². The lowest BCUT2D eigenvalue weighted by atomic mass is 9.81. The molecule has 1 aromatic heterocycles. The highest BCUT2D eigenvalue weighted by Gasteiger charge is 2.35. The first kappa shape index (κ1) is 23.3. The molecule has 39 heavy (non-hydrogen) atoms. The van der Waals surface area contributed by atoms with Crippen molar-refractivity contribution in [3.63, 3.8) is 0 Å². The number of aromatic nitrogens is 2. The van der Waals surface area contributed by atoms with Crippen LogP contribution in [-0.4, -0.2) is 9.97 Å². The highest BCUT2D eigenvalue weighted by Crippen LogP contribution is 2.49. The second-order valence-corrected chi connectivity index (χ2v) is 10.7. The van der Waals surface area contributed by atoms with Gasteiger partial charge >= 0.3 is 0 Å². The Balaban J connectivity index is 1.34. The van der Waals surface area contributed by atoms with Gasteiger partial charge in [0.05, 0.1) is 11.4 Å². The van der Waals surface area contributed by atoms with Gasteiger partial charge < -0.3 is 0 Å². The molecule has 2 nitrogen and oxygen atoms in total. The predicted octanol–water partition coefficient (Wildman–Crippen LogP) is 9.45. The molecule has 6 aromatic rings. The number of rotatable bonds is 4. The summed E-state index contributed by atoms with van der Waals surface area (Å²) in [7, 11) is 0. The fraction of sp³-hybridized carbons (Fsp3) is 0.0811. The molecule has 7 rings (SSSR count). The van der Waals surface area contributed by atoms with Crippen molar-refractivity contribution < 1.29 is 0 Å². The van der Waals surface area contributed by atoms with Crippen LogP contribution in [0.25, 0.3) is 56.2 Å². The van der Waals surface area contributed by atoms with E-state index in [1.165, 1.54) is 27.8 Å². The minimum atomic E-state index is -0.0305. The fourth-order valence-corrected chi connectivity index (χ4v) is 5.81. The van der Waals surface area contributed by atoms with E-state index in [-0.39, 0.29) is 5.41 Å². The van der Waals surface area contributed by atoms with Gasteiger partial charge in [-0.1, -0.05) is 129 Å². The molecule has 0 fully saturated rings. The van der Waals surface area contributed by atoms with E-state index in [0.717, 1.165) is 39.5 Å². The van der Waals surface area contributed by atoms with Crippen LogP contribution in [0.3, 0.4) is 0 Å². The van der Waals surface area contributed by atoms with E-state index in [4.69, 9.17) is 9.97 Å². The van der Waals surface area contributed by atoms with Crippen LogP contribution in [0.2, 0.25) is 0 Å². The molecule has 0 amide bonds. The SMILES string of the molecule is CC1(C)c2ccccc2-c2ccc(-c3cccc(-c4nc(-c5ccccc5)cc(-c5ccccc5)n4)c3)cc21. The zero-order valence-corrected chi connectivity index (χ0v) is 22.1. The Bertz CT molecular complexity index is 1760. The predicted molar refractivity (Wildman–Crippen MR) is 161 cm³/mol. The monoisotopic (exact) mass is 500 g/mol. The third kappa shape index (κ3) is 4.06. The Kier molecular flexibility index (Phi) is 5.49. The van der Waals surface area contributed by atoms with Gasteiger partial charge in [0, 0.05) is 22.1 Å². The van der Waals surface area contributed by atoms with E-state index in [0.29, 0.717) is 0 Å². The van der Waals surface area contributed by atoms with E-state index in [9.17, 15) is 0 Å². The van der Waals surface area contributed by atoms with Crippen LogP contribution in [0.15, 0.2) is 133 Å². The molecule has 0 N–H and O–H groups in total. The topological polar surface area (TPSA) is 25.8 Å². The summed E-state index contributed by atoms with van der Waals surface area (Å²) in [5.41, 5.74) is 12.8. The molecular weight excluding hydrogens is 472 g/mol. The third-order valence-electron chi connectivity index (χ3n) is 7.90. The molecule has 0 unspecified atom stereocenters. The molecule has 0 atom stereocenters. The number of nitrogens with zero attached hydrogens (tertiary/aromatic N) is 2. The molecule has 186 valence electrons. The van der Waals surface area contributed by atoms with Crippen LogP contribution >= 0.6 is 0 Å². The summed E-state index contributed by atoms with van der Waals surface area (Å²) >= 11 is 0. The molecule has 0 saturated heterocycles. The van der Waals surface area contributed by atoms with Gasteiger partial charge in [-0.2, -0.15) is 0 Å². The van der Waals surface area contributed by atoms with E-state index in [1.807, 2.05) is 36.4 Å². The average Bonchev–Trinajstić information content (AvgIpc) is 3.24. The second-order valence-electron chi connectivity index (χ2n) is 10.7. The van der Waals surface area contributed by atoms with Crippen LogP contribution in [-0.2, 0) is 5.41 Å². The summed E-state index contributed by atoms with van der Waals surface area (Å²) in [4.78, 5) is 10.1. The van der Waals surface area contributed by atoms with Gasteiger partial charge in [-0.15, -0.1) is 0 Å². The maximum atomic E-state index is 5.03. The third-order valence-corrected chi connectivity index (χ3v) is 7.90. The van der Waals surface area contributed by atoms with Crippen molar-refractivity contribution in [1.82, 2.24) is 9.97 Å². The van der Waals surface area contributed by atoms with Gasteiger partial charge in [0.1, 0.15) is 0 Å². The first-order chi connectivity index (χ1) is 19.1. The van der Waals surface area contributed by atoms with Crippen molar-refractivity contribution in [1.29, 1.82) is 0 Å². The fourth-order valence-electron chi connectivity index (χ4n) is 5.81. The van der Waals surface area contributed by atoms with Gasteiger partial charge in [0.15, 0.2) is 5.82 Å². The van der Waals surface area contributed by atoms with E-state index < -0.39 is 0 Å². The highest BCUT2D eigenvalue weighted by atomic mass is 14.9. The normalized spacial score (nSPS) is 13.1. The minimum Gasteiger partial charge on any atom is -0.228 e. The Morgan fingerprint density at radius 1 is 0.410 bits per heavy atom. The zero-order chi connectivity index (χ0) is 26.4. The molecule has 2 heteroatoms. The number of benzene rings is 5. The quantitative estimate of drug-likeness (QED) is 0.241. The van der Waals surface area contributed by atoms with Crippen molar-refractivity contribution in [2.75, 3.05) is 0 Å². The summed E-state index contributed by atoms with van der Waals surface area (Å²) in [5, 5.41) is 0. The standard InChI is InChI=1S/C37H28N2/c1-37(2)32-19-10-9-18-30(32)31-21-20-28(23-33(31)37)27-16-11-17-29(22-27)36-38-34(25-12-5-3-6-13-25)24-35(39-36)26-14-7-4-8-15-26/h3-24H,1-2H3. The highest BCUT2D eigenvalue weighted by molar-refractivity contribution is 5.84. The van der Waals surface area contributed by atoms with Gasteiger partial charge in [-0.05, 0) is 51.6 Å². The maximum Gasteiger partial charge on any atom is 0.160 e. The Morgan fingerprint density at radius 2 is 0.949 bits per heavy atom. The van der Waals surface area contributed by atoms with E-state index in [1.54, 1.807) is 0 Å². The summed E-state index contributed by atoms with van der Waals surface area (Å²) in [6, 6.07) is 47.0. The van der Waals surface area contributed by atoms with Crippen molar-refractivity contribution in [2.24, 2.45) is 0 Å². The van der Waals surface area contributed by atoms with Crippen LogP contribution in [0.5, 0.6) is 0 Å². The van der Waals surface area contributed by atoms with Gasteiger partial charge in [0.2, 0.25) is 0 Å². The molecule has 0 spiro atoms. The van der Waals surface area contributed by atoms with Gasteiger partial charge in [-0.3, -0.25) is 0 Å². The second kappa shape index (κ2) is 9.18. The van der Waals surface area contributed by atoms with E-state index in [2.05, 4.69) is 111 Å². The lowest BCUT2D eigenvalue weighted by molar-refractivity contribution is 0.660. The first-order valence-corrected chi connectivity index (χ1v) is 13.4. The molecule has 1 aliphatic rings. The summed E-state index contributed by atoms with van der Waals surface area (Å²) in [6.07, 6.45) is 0. The molecular formula is C37H28N2. The van der Waals surface area contributed by atoms with Crippen LogP contribution in [0.1, 0.15) is 25.0 Å². The number of fused-ring (bicyclic) bond motifs is 3. The smallest absolute Gasteiger partial charge is 0.160 e. The Morgan fingerprint density at radius 3 is 1.64 bits per heavy atom.